The number of rotatable bonds is 5. The first-order valence-corrected chi connectivity index (χ1v) is 8.91. The van der Waals surface area contributed by atoms with E-state index >= 15 is 0 Å². The van der Waals surface area contributed by atoms with Crippen molar-refractivity contribution in [3.8, 4) is 11.5 Å². The van der Waals surface area contributed by atoms with Crippen LogP contribution in [0.2, 0.25) is 0 Å². The van der Waals surface area contributed by atoms with Crippen LogP contribution >= 0.6 is 0 Å². The second kappa shape index (κ2) is 7.89. The number of nitrogens with one attached hydrogen (secondary N) is 1. The number of hydrogen-bond acceptors (Lipinski definition) is 4. The molecule has 1 aliphatic rings. The Kier molecular flexibility index (Phi) is 5.61. The monoisotopic (exact) mass is 340 g/mol. The lowest BCUT2D eigenvalue weighted by Gasteiger charge is -2.43. The SMILES string of the molecule is COc1ccc(C(c2ccc(OC)cc2)N2CCNC(C)C2C)cc1. The van der Waals surface area contributed by atoms with E-state index in [0.717, 1.165) is 24.6 Å². The molecule has 0 amide bonds. The summed E-state index contributed by atoms with van der Waals surface area (Å²) in [6.45, 7) is 6.59. The van der Waals surface area contributed by atoms with Gasteiger partial charge < -0.3 is 14.8 Å². The van der Waals surface area contributed by atoms with Gasteiger partial charge in [0.1, 0.15) is 11.5 Å². The first-order valence-electron chi connectivity index (χ1n) is 8.91. The van der Waals surface area contributed by atoms with E-state index in [9.17, 15) is 0 Å². The Labute approximate surface area is 150 Å². The highest BCUT2D eigenvalue weighted by Crippen LogP contribution is 2.33. The average Bonchev–Trinajstić information content (AvgIpc) is 2.66. The molecule has 0 saturated carbocycles. The highest BCUT2D eigenvalue weighted by molar-refractivity contribution is 5.38. The van der Waals surface area contributed by atoms with Crippen LogP contribution in [0.1, 0.15) is 31.0 Å². The van der Waals surface area contributed by atoms with Crippen molar-refractivity contribution in [2.24, 2.45) is 0 Å². The number of methoxy groups -OCH3 is 2. The molecular formula is C21H28N2O2. The highest BCUT2D eigenvalue weighted by atomic mass is 16.5. The van der Waals surface area contributed by atoms with E-state index in [1.165, 1.54) is 11.1 Å². The first kappa shape index (κ1) is 17.8. The molecule has 0 bridgehead atoms. The molecule has 1 saturated heterocycles. The molecule has 2 aromatic carbocycles. The molecule has 2 unspecified atom stereocenters. The molecule has 1 N–H and O–H groups in total. The van der Waals surface area contributed by atoms with E-state index in [1.54, 1.807) is 14.2 Å². The van der Waals surface area contributed by atoms with Crippen LogP contribution in [0, 0.1) is 0 Å². The summed E-state index contributed by atoms with van der Waals surface area (Å²) in [5.74, 6) is 1.78. The lowest BCUT2D eigenvalue weighted by molar-refractivity contribution is 0.106. The third-order valence-electron chi connectivity index (χ3n) is 5.28. The summed E-state index contributed by atoms with van der Waals surface area (Å²) >= 11 is 0. The molecule has 0 aromatic heterocycles. The second-order valence-electron chi connectivity index (χ2n) is 6.67. The van der Waals surface area contributed by atoms with Crippen molar-refractivity contribution in [2.75, 3.05) is 27.3 Å². The summed E-state index contributed by atoms with van der Waals surface area (Å²) in [7, 11) is 3.41. The third-order valence-corrected chi connectivity index (χ3v) is 5.28. The number of piperazine rings is 1. The van der Waals surface area contributed by atoms with Crippen molar-refractivity contribution in [2.45, 2.75) is 32.0 Å². The van der Waals surface area contributed by atoms with E-state index < -0.39 is 0 Å². The predicted molar refractivity (Wildman–Crippen MR) is 101 cm³/mol. The highest BCUT2D eigenvalue weighted by Gasteiger charge is 2.31. The van der Waals surface area contributed by atoms with Crippen LogP contribution in [0.15, 0.2) is 48.5 Å². The number of nitrogens with zero attached hydrogens (tertiary/aromatic N) is 1. The van der Waals surface area contributed by atoms with Gasteiger partial charge in [0.05, 0.1) is 20.3 Å². The molecule has 1 aliphatic heterocycles. The third kappa shape index (κ3) is 3.80. The Bertz CT molecular complexity index is 622. The minimum Gasteiger partial charge on any atom is -0.497 e. The summed E-state index contributed by atoms with van der Waals surface area (Å²) in [5.41, 5.74) is 2.57. The summed E-state index contributed by atoms with van der Waals surface area (Å²) in [5, 5.41) is 3.57. The van der Waals surface area contributed by atoms with Crippen molar-refractivity contribution in [3.05, 3.63) is 59.7 Å². The van der Waals surface area contributed by atoms with Gasteiger partial charge in [-0.25, -0.2) is 0 Å². The molecule has 3 rings (SSSR count). The van der Waals surface area contributed by atoms with Gasteiger partial charge in [0, 0.05) is 25.2 Å². The van der Waals surface area contributed by atoms with Crippen molar-refractivity contribution in [1.29, 1.82) is 0 Å². The summed E-state index contributed by atoms with van der Waals surface area (Å²) in [4.78, 5) is 2.59. The van der Waals surface area contributed by atoms with Crippen LogP contribution in [0.3, 0.4) is 0 Å². The molecule has 0 aliphatic carbocycles. The standard InChI is InChI=1S/C21H28N2O2/c1-15-16(2)23(14-13-22-15)21(17-5-9-19(24-3)10-6-17)18-7-11-20(25-4)12-8-18/h5-12,15-16,21-22H,13-14H2,1-4H3. The van der Waals surface area contributed by atoms with Gasteiger partial charge in [0.2, 0.25) is 0 Å². The number of ether oxygens (including phenoxy) is 2. The summed E-state index contributed by atoms with van der Waals surface area (Å²) in [6.07, 6.45) is 0. The van der Waals surface area contributed by atoms with Crippen LogP contribution in [0.25, 0.3) is 0 Å². The zero-order valence-corrected chi connectivity index (χ0v) is 15.5. The summed E-state index contributed by atoms with van der Waals surface area (Å²) < 4.78 is 10.7. The molecule has 134 valence electrons. The van der Waals surface area contributed by atoms with Gasteiger partial charge >= 0.3 is 0 Å². The van der Waals surface area contributed by atoms with Crippen molar-refractivity contribution in [1.82, 2.24) is 10.2 Å². The smallest absolute Gasteiger partial charge is 0.118 e. The van der Waals surface area contributed by atoms with Gasteiger partial charge in [0.15, 0.2) is 0 Å². The van der Waals surface area contributed by atoms with Crippen LogP contribution < -0.4 is 14.8 Å². The molecule has 25 heavy (non-hydrogen) atoms. The van der Waals surface area contributed by atoms with Crippen LogP contribution in [0.5, 0.6) is 11.5 Å². The molecular weight excluding hydrogens is 312 g/mol. The maximum atomic E-state index is 5.33. The lowest BCUT2D eigenvalue weighted by atomic mass is 9.93. The second-order valence-corrected chi connectivity index (χ2v) is 6.67. The number of benzene rings is 2. The zero-order chi connectivity index (χ0) is 17.8. The van der Waals surface area contributed by atoms with Crippen LogP contribution in [0.4, 0.5) is 0 Å². The lowest BCUT2D eigenvalue weighted by Crippen LogP contribution is -2.56. The Balaban J connectivity index is 1.99. The minimum absolute atomic E-state index is 0.219. The van der Waals surface area contributed by atoms with E-state index in [-0.39, 0.29) is 6.04 Å². The van der Waals surface area contributed by atoms with Gasteiger partial charge in [-0.2, -0.15) is 0 Å². The quantitative estimate of drug-likeness (QED) is 0.904. The fraction of sp³-hybridized carbons (Fsp3) is 0.429. The van der Waals surface area contributed by atoms with Crippen molar-refractivity contribution < 1.29 is 9.47 Å². The van der Waals surface area contributed by atoms with Gasteiger partial charge in [-0.15, -0.1) is 0 Å². The molecule has 0 radical (unpaired) electrons. The average molecular weight is 340 g/mol. The molecule has 2 atom stereocenters. The van der Waals surface area contributed by atoms with Gasteiger partial charge in [0.25, 0.3) is 0 Å². The molecule has 1 fully saturated rings. The largest absolute Gasteiger partial charge is 0.497 e. The molecule has 1 heterocycles. The van der Waals surface area contributed by atoms with Crippen molar-refractivity contribution >= 4 is 0 Å². The topological polar surface area (TPSA) is 33.7 Å². The Morgan fingerprint density at radius 1 is 0.880 bits per heavy atom. The van der Waals surface area contributed by atoms with E-state index in [0.29, 0.717) is 12.1 Å². The molecule has 4 nitrogen and oxygen atoms in total. The Morgan fingerprint density at radius 3 is 1.80 bits per heavy atom. The van der Waals surface area contributed by atoms with Crippen LogP contribution in [-0.2, 0) is 0 Å². The van der Waals surface area contributed by atoms with Gasteiger partial charge in [-0.1, -0.05) is 24.3 Å². The maximum absolute atomic E-state index is 5.33. The van der Waals surface area contributed by atoms with Crippen LogP contribution in [-0.4, -0.2) is 44.3 Å². The van der Waals surface area contributed by atoms with Gasteiger partial charge in [-0.3, -0.25) is 4.90 Å². The molecule has 2 aromatic rings. The molecule has 0 spiro atoms. The Hall–Kier alpha value is -2.04. The zero-order valence-electron chi connectivity index (χ0n) is 15.5. The Morgan fingerprint density at radius 2 is 1.36 bits per heavy atom. The fourth-order valence-corrected chi connectivity index (χ4v) is 3.59. The summed E-state index contributed by atoms with van der Waals surface area (Å²) in [6, 6.07) is 18.0. The van der Waals surface area contributed by atoms with E-state index in [2.05, 4.69) is 48.3 Å². The van der Waals surface area contributed by atoms with Crippen molar-refractivity contribution in [3.63, 3.8) is 0 Å². The van der Waals surface area contributed by atoms with E-state index in [4.69, 9.17) is 9.47 Å². The van der Waals surface area contributed by atoms with E-state index in [1.807, 2.05) is 24.3 Å². The minimum atomic E-state index is 0.219. The number of hydrogen-bond donors (Lipinski definition) is 1. The molecule has 4 heteroatoms. The first-order chi connectivity index (χ1) is 12.1. The van der Waals surface area contributed by atoms with Gasteiger partial charge in [-0.05, 0) is 49.2 Å². The predicted octanol–water partition coefficient (Wildman–Crippen LogP) is 3.48. The normalized spacial score (nSPS) is 21.3. The maximum Gasteiger partial charge on any atom is 0.118 e. The fourth-order valence-electron chi connectivity index (χ4n) is 3.59.